The van der Waals surface area contributed by atoms with Crippen molar-refractivity contribution in [2.24, 2.45) is 5.73 Å². The molecule has 2 N–H and O–H groups in total. The standard InChI is InChI=1S/C18H16BrNO/c19-18-16-7-2-1-6-15(16)8-9-17(18)21-12-14-5-3-4-13(10-14)11-20/h1-10H,11-12,20H2. The normalized spacial score (nSPS) is 10.8. The molecule has 0 aliphatic carbocycles. The number of ether oxygens (including phenoxy) is 1. The highest BCUT2D eigenvalue weighted by Crippen LogP contribution is 2.33. The molecule has 0 saturated carbocycles. The highest BCUT2D eigenvalue weighted by atomic mass is 79.9. The molecule has 0 saturated heterocycles. The molecule has 0 aromatic heterocycles. The highest BCUT2D eigenvalue weighted by molar-refractivity contribution is 9.10. The van der Waals surface area contributed by atoms with E-state index in [-0.39, 0.29) is 0 Å². The zero-order valence-electron chi connectivity index (χ0n) is 11.6. The Hall–Kier alpha value is -1.84. The molecule has 0 spiro atoms. The number of benzene rings is 3. The summed E-state index contributed by atoms with van der Waals surface area (Å²) in [6, 6.07) is 20.5. The number of fused-ring (bicyclic) bond motifs is 1. The average Bonchev–Trinajstić information content (AvgIpc) is 2.55. The van der Waals surface area contributed by atoms with E-state index in [4.69, 9.17) is 10.5 Å². The fraction of sp³-hybridized carbons (Fsp3) is 0.111. The number of hydrogen-bond donors (Lipinski definition) is 1. The Bertz CT molecular complexity index is 770. The smallest absolute Gasteiger partial charge is 0.134 e. The van der Waals surface area contributed by atoms with Gasteiger partial charge in [-0.25, -0.2) is 0 Å². The van der Waals surface area contributed by atoms with Crippen LogP contribution in [0.5, 0.6) is 5.75 Å². The summed E-state index contributed by atoms with van der Waals surface area (Å²) in [4.78, 5) is 0. The van der Waals surface area contributed by atoms with Crippen molar-refractivity contribution in [2.75, 3.05) is 0 Å². The van der Waals surface area contributed by atoms with E-state index in [0.717, 1.165) is 26.7 Å². The Kier molecular flexibility index (Phi) is 4.23. The average molecular weight is 342 g/mol. The lowest BCUT2D eigenvalue weighted by Crippen LogP contribution is -2.00. The zero-order valence-corrected chi connectivity index (χ0v) is 13.1. The predicted molar refractivity (Wildman–Crippen MR) is 90.3 cm³/mol. The second-order valence-electron chi connectivity index (χ2n) is 4.91. The summed E-state index contributed by atoms with van der Waals surface area (Å²) in [5.74, 6) is 0.854. The van der Waals surface area contributed by atoms with Crippen molar-refractivity contribution in [3.63, 3.8) is 0 Å². The van der Waals surface area contributed by atoms with Crippen molar-refractivity contribution in [3.8, 4) is 5.75 Å². The van der Waals surface area contributed by atoms with Gasteiger partial charge in [-0.05, 0) is 43.9 Å². The maximum absolute atomic E-state index is 5.94. The molecular formula is C18H16BrNO. The summed E-state index contributed by atoms with van der Waals surface area (Å²) in [5.41, 5.74) is 7.91. The van der Waals surface area contributed by atoms with Crippen molar-refractivity contribution in [3.05, 3.63) is 76.3 Å². The molecule has 3 aromatic carbocycles. The molecule has 0 atom stereocenters. The van der Waals surface area contributed by atoms with Gasteiger partial charge in [0.2, 0.25) is 0 Å². The van der Waals surface area contributed by atoms with E-state index in [0.29, 0.717) is 13.2 Å². The number of hydrogen-bond acceptors (Lipinski definition) is 2. The molecule has 0 bridgehead atoms. The lowest BCUT2D eigenvalue weighted by Gasteiger charge is -2.11. The summed E-state index contributed by atoms with van der Waals surface area (Å²) >= 11 is 3.64. The van der Waals surface area contributed by atoms with Gasteiger partial charge in [-0.2, -0.15) is 0 Å². The lowest BCUT2D eigenvalue weighted by atomic mass is 10.1. The van der Waals surface area contributed by atoms with Gasteiger partial charge in [0, 0.05) is 6.54 Å². The van der Waals surface area contributed by atoms with Gasteiger partial charge >= 0.3 is 0 Å². The third-order valence-electron chi connectivity index (χ3n) is 3.45. The van der Waals surface area contributed by atoms with E-state index >= 15 is 0 Å². The van der Waals surface area contributed by atoms with Crippen LogP contribution in [0.2, 0.25) is 0 Å². The number of nitrogens with two attached hydrogens (primary N) is 1. The van der Waals surface area contributed by atoms with Crippen LogP contribution >= 0.6 is 15.9 Å². The van der Waals surface area contributed by atoms with E-state index in [9.17, 15) is 0 Å². The molecular weight excluding hydrogens is 326 g/mol. The van der Waals surface area contributed by atoms with Gasteiger partial charge in [0.25, 0.3) is 0 Å². The Morgan fingerprint density at radius 3 is 2.57 bits per heavy atom. The minimum atomic E-state index is 0.533. The molecule has 0 amide bonds. The number of rotatable bonds is 4. The van der Waals surface area contributed by atoms with Crippen LogP contribution in [0, 0.1) is 0 Å². The van der Waals surface area contributed by atoms with Crippen LogP contribution in [0.15, 0.2) is 65.1 Å². The fourth-order valence-electron chi connectivity index (χ4n) is 2.33. The van der Waals surface area contributed by atoms with Crippen molar-refractivity contribution < 1.29 is 4.74 Å². The number of halogens is 1. The summed E-state index contributed by atoms with van der Waals surface area (Å²) in [6.45, 7) is 1.08. The summed E-state index contributed by atoms with van der Waals surface area (Å²) in [5, 5.41) is 2.35. The quantitative estimate of drug-likeness (QED) is 0.750. The van der Waals surface area contributed by atoms with Gasteiger partial charge in [-0.3, -0.25) is 0 Å². The second kappa shape index (κ2) is 6.29. The Balaban J connectivity index is 1.83. The molecule has 0 aliphatic heterocycles. The van der Waals surface area contributed by atoms with Gasteiger partial charge < -0.3 is 10.5 Å². The molecule has 3 heteroatoms. The molecule has 0 radical (unpaired) electrons. The van der Waals surface area contributed by atoms with Crippen LogP contribution in [-0.2, 0) is 13.2 Å². The highest BCUT2D eigenvalue weighted by Gasteiger charge is 2.06. The molecule has 2 nitrogen and oxygen atoms in total. The third-order valence-corrected chi connectivity index (χ3v) is 4.27. The predicted octanol–water partition coefficient (Wildman–Crippen LogP) is 4.64. The first kappa shape index (κ1) is 14.1. The van der Waals surface area contributed by atoms with Crippen molar-refractivity contribution in [2.45, 2.75) is 13.2 Å². The first-order valence-electron chi connectivity index (χ1n) is 6.86. The van der Waals surface area contributed by atoms with E-state index in [1.807, 2.05) is 36.4 Å². The fourth-order valence-corrected chi connectivity index (χ4v) is 2.94. The monoisotopic (exact) mass is 341 g/mol. The molecule has 21 heavy (non-hydrogen) atoms. The topological polar surface area (TPSA) is 35.2 Å². The molecule has 0 unspecified atom stereocenters. The van der Waals surface area contributed by atoms with Gasteiger partial charge in [0.15, 0.2) is 0 Å². The largest absolute Gasteiger partial charge is 0.488 e. The van der Waals surface area contributed by atoms with E-state index in [1.165, 1.54) is 5.39 Å². The maximum atomic E-state index is 5.94. The molecule has 0 aliphatic rings. The Labute approximate surface area is 132 Å². The van der Waals surface area contributed by atoms with Crippen molar-refractivity contribution >= 4 is 26.7 Å². The first-order chi connectivity index (χ1) is 10.3. The minimum Gasteiger partial charge on any atom is -0.488 e. The van der Waals surface area contributed by atoms with Crippen LogP contribution in [0.3, 0.4) is 0 Å². The lowest BCUT2D eigenvalue weighted by molar-refractivity contribution is 0.304. The van der Waals surface area contributed by atoms with Crippen molar-refractivity contribution in [1.82, 2.24) is 0 Å². The Morgan fingerprint density at radius 1 is 0.905 bits per heavy atom. The SMILES string of the molecule is NCc1cccc(COc2ccc3ccccc3c2Br)c1. The molecule has 3 rings (SSSR count). The van der Waals surface area contributed by atoms with Crippen LogP contribution in [0.25, 0.3) is 10.8 Å². The zero-order chi connectivity index (χ0) is 14.7. The maximum Gasteiger partial charge on any atom is 0.134 e. The van der Waals surface area contributed by atoms with Crippen LogP contribution in [0.4, 0.5) is 0 Å². The molecule has 106 valence electrons. The minimum absolute atomic E-state index is 0.533. The summed E-state index contributed by atoms with van der Waals surface area (Å²) in [7, 11) is 0. The van der Waals surface area contributed by atoms with E-state index in [1.54, 1.807) is 0 Å². The van der Waals surface area contributed by atoms with E-state index in [2.05, 4.69) is 40.2 Å². The first-order valence-corrected chi connectivity index (χ1v) is 7.65. The molecule has 3 aromatic rings. The molecule has 0 heterocycles. The van der Waals surface area contributed by atoms with Crippen LogP contribution in [0.1, 0.15) is 11.1 Å². The van der Waals surface area contributed by atoms with Crippen molar-refractivity contribution in [1.29, 1.82) is 0 Å². The van der Waals surface area contributed by atoms with Gasteiger partial charge in [-0.1, -0.05) is 54.6 Å². The van der Waals surface area contributed by atoms with Crippen LogP contribution in [-0.4, -0.2) is 0 Å². The summed E-state index contributed by atoms with van der Waals surface area (Å²) in [6.07, 6.45) is 0. The van der Waals surface area contributed by atoms with Crippen LogP contribution < -0.4 is 10.5 Å². The van der Waals surface area contributed by atoms with Gasteiger partial charge in [0.1, 0.15) is 12.4 Å². The van der Waals surface area contributed by atoms with Gasteiger partial charge in [0.05, 0.1) is 4.47 Å². The summed E-state index contributed by atoms with van der Waals surface area (Å²) < 4.78 is 6.94. The second-order valence-corrected chi connectivity index (χ2v) is 5.70. The van der Waals surface area contributed by atoms with Gasteiger partial charge in [-0.15, -0.1) is 0 Å². The third kappa shape index (κ3) is 3.09. The molecule has 0 fully saturated rings. The van der Waals surface area contributed by atoms with E-state index < -0.39 is 0 Å². The Morgan fingerprint density at radius 2 is 1.71 bits per heavy atom.